The second kappa shape index (κ2) is 5.02. The van der Waals surface area contributed by atoms with E-state index in [9.17, 15) is 4.39 Å². The Hall–Kier alpha value is -1.13. The molecule has 1 aromatic carbocycles. The average molecular weight is 298 g/mol. The van der Waals surface area contributed by atoms with Crippen LogP contribution in [0.25, 0.3) is 0 Å². The molecule has 0 amide bonds. The van der Waals surface area contributed by atoms with Gasteiger partial charge in [0.1, 0.15) is 5.82 Å². The Bertz CT molecular complexity index is 524. The Morgan fingerprint density at radius 1 is 1.35 bits per heavy atom. The summed E-state index contributed by atoms with van der Waals surface area (Å²) in [5, 5.41) is 3.20. The van der Waals surface area contributed by atoms with Crippen molar-refractivity contribution in [2.24, 2.45) is 0 Å². The maximum absolute atomic E-state index is 13.2. The normalized spacial score (nSPS) is 12.7. The lowest BCUT2D eigenvalue weighted by Gasteiger charge is -2.16. The largest absolute Gasteiger partial charge is 0.457 e. The van der Waals surface area contributed by atoms with Gasteiger partial charge >= 0.3 is 0 Å². The second-order valence-corrected chi connectivity index (χ2v) is 4.60. The maximum atomic E-state index is 13.2. The lowest BCUT2D eigenvalue weighted by atomic mass is 9.99. The number of aryl methyl sites for hydroxylation is 1. The summed E-state index contributed by atoms with van der Waals surface area (Å²) in [6, 6.07) is 6.99. The van der Waals surface area contributed by atoms with Crippen LogP contribution in [0.2, 0.25) is 0 Å². The minimum absolute atomic E-state index is 0.0116. The molecule has 4 heteroatoms. The number of rotatable bonds is 3. The summed E-state index contributed by atoms with van der Waals surface area (Å²) >= 11 is 3.36. The predicted molar refractivity (Wildman–Crippen MR) is 68.4 cm³/mol. The van der Waals surface area contributed by atoms with Gasteiger partial charge < -0.3 is 9.73 Å². The molecule has 1 N–H and O–H groups in total. The van der Waals surface area contributed by atoms with E-state index in [1.807, 2.05) is 19.2 Å². The van der Waals surface area contributed by atoms with Crippen molar-refractivity contribution in [1.29, 1.82) is 0 Å². The zero-order valence-electron chi connectivity index (χ0n) is 9.63. The van der Waals surface area contributed by atoms with Gasteiger partial charge in [0.05, 0.1) is 12.3 Å². The first-order valence-electron chi connectivity index (χ1n) is 5.29. The van der Waals surface area contributed by atoms with Crippen LogP contribution in [-0.4, -0.2) is 7.05 Å². The third kappa shape index (κ3) is 2.42. The van der Waals surface area contributed by atoms with E-state index in [4.69, 9.17) is 4.42 Å². The molecule has 1 atom stereocenters. The van der Waals surface area contributed by atoms with Crippen LogP contribution in [0, 0.1) is 12.7 Å². The van der Waals surface area contributed by atoms with Crippen molar-refractivity contribution in [3.05, 3.63) is 57.7 Å². The van der Waals surface area contributed by atoms with E-state index in [1.54, 1.807) is 19.3 Å². The molecule has 90 valence electrons. The molecule has 17 heavy (non-hydrogen) atoms. The Balaban J connectivity index is 2.42. The van der Waals surface area contributed by atoms with Crippen molar-refractivity contribution in [2.45, 2.75) is 13.0 Å². The third-order valence-electron chi connectivity index (χ3n) is 2.76. The summed E-state index contributed by atoms with van der Waals surface area (Å²) in [7, 11) is 1.86. The van der Waals surface area contributed by atoms with Gasteiger partial charge in [-0.05, 0) is 53.2 Å². The molecule has 0 saturated carbocycles. The summed E-state index contributed by atoms with van der Waals surface area (Å²) in [5.74, 6) is -0.185. The molecule has 0 radical (unpaired) electrons. The fraction of sp³-hybridized carbons (Fsp3) is 0.231. The quantitative estimate of drug-likeness (QED) is 0.932. The average Bonchev–Trinajstić information content (AvgIpc) is 2.71. The van der Waals surface area contributed by atoms with Gasteiger partial charge in [0.15, 0.2) is 4.67 Å². The highest BCUT2D eigenvalue weighted by Gasteiger charge is 2.17. The molecular formula is C13H13BrFNO. The van der Waals surface area contributed by atoms with Crippen molar-refractivity contribution < 1.29 is 8.81 Å². The number of halogens is 2. The summed E-state index contributed by atoms with van der Waals surface area (Å²) in [6.07, 6.45) is 1.63. The van der Waals surface area contributed by atoms with E-state index in [0.717, 1.165) is 11.1 Å². The number of benzene rings is 1. The molecule has 0 saturated heterocycles. The van der Waals surface area contributed by atoms with Gasteiger partial charge in [-0.25, -0.2) is 4.39 Å². The summed E-state index contributed by atoms with van der Waals surface area (Å²) < 4.78 is 19.2. The van der Waals surface area contributed by atoms with Crippen molar-refractivity contribution in [3.8, 4) is 0 Å². The van der Waals surface area contributed by atoms with Crippen LogP contribution in [0.4, 0.5) is 4.39 Å². The van der Waals surface area contributed by atoms with Gasteiger partial charge in [-0.2, -0.15) is 0 Å². The maximum Gasteiger partial charge on any atom is 0.174 e. The van der Waals surface area contributed by atoms with E-state index in [-0.39, 0.29) is 11.9 Å². The van der Waals surface area contributed by atoms with Gasteiger partial charge in [-0.3, -0.25) is 0 Å². The van der Waals surface area contributed by atoms with E-state index in [2.05, 4.69) is 21.2 Å². The van der Waals surface area contributed by atoms with Gasteiger partial charge in [-0.15, -0.1) is 0 Å². The molecule has 1 aromatic heterocycles. The van der Waals surface area contributed by atoms with Crippen molar-refractivity contribution in [2.75, 3.05) is 7.05 Å². The molecule has 1 heterocycles. The Morgan fingerprint density at radius 2 is 2.12 bits per heavy atom. The van der Waals surface area contributed by atoms with Gasteiger partial charge in [0.25, 0.3) is 0 Å². The van der Waals surface area contributed by atoms with E-state index in [0.29, 0.717) is 10.2 Å². The summed E-state index contributed by atoms with van der Waals surface area (Å²) in [5.41, 5.74) is 2.65. The van der Waals surface area contributed by atoms with Gasteiger partial charge in [0, 0.05) is 5.56 Å². The minimum Gasteiger partial charge on any atom is -0.457 e. The second-order valence-electron chi connectivity index (χ2n) is 3.88. The highest BCUT2D eigenvalue weighted by molar-refractivity contribution is 9.10. The highest BCUT2D eigenvalue weighted by atomic mass is 79.9. The highest BCUT2D eigenvalue weighted by Crippen LogP contribution is 2.29. The molecule has 0 aliphatic heterocycles. The molecule has 0 fully saturated rings. The van der Waals surface area contributed by atoms with Crippen LogP contribution < -0.4 is 5.32 Å². The fourth-order valence-electron chi connectivity index (χ4n) is 1.86. The van der Waals surface area contributed by atoms with Crippen LogP contribution in [-0.2, 0) is 0 Å². The molecule has 1 unspecified atom stereocenters. The van der Waals surface area contributed by atoms with E-state index < -0.39 is 0 Å². The minimum atomic E-state index is -0.185. The lowest BCUT2D eigenvalue weighted by molar-refractivity contribution is 0.530. The van der Waals surface area contributed by atoms with Crippen LogP contribution in [0.1, 0.15) is 22.7 Å². The molecule has 2 nitrogen and oxygen atoms in total. The van der Waals surface area contributed by atoms with Crippen molar-refractivity contribution in [1.82, 2.24) is 5.32 Å². The van der Waals surface area contributed by atoms with E-state index in [1.165, 1.54) is 6.07 Å². The molecule has 2 rings (SSSR count). The molecule has 0 aliphatic rings. The first-order chi connectivity index (χ1) is 8.13. The first kappa shape index (κ1) is 12.3. The first-order valence-corrected chi connectivity index (χ1v) is 6.09. The molecular weight excluding hydrogens is 285 g/mol. The van der Waals surface area contributed by atoms with Crippen LogP contribution >= 0.6 is 15.9 Å². The fourth-order valence-corrected chi connectivity index (χ4v) is 2.33. The summed E-state index contributed by atoms with van der Waals surface area (Å²) in [6.45, 7) is 1.76. The monoisotopic (exact) mass is 297 g/mol. The van der Waals surface area contributed by atoms with Crippen molar-refractivity contribution >= 4 is 15.9 Å². The molecule has 2 aromatic rings. The van der Waals surface area contributed by atoms with Gasteiger partial charge in [0.2, 0.25) is 0 Å². The number of furan rings is 1. The Kier molecular flexibility index (Phi) is 3.64. The van der Waals surface area contributed by atoms with Crippen molar-refractivity contribution in [3.63, 3.8) is 0 Å². The van der Waals surface area contributed by atoms with Gasteiger partial charge in [-0.1, -0.05) is 12.1 Å². The molecule has 0 spiro atoms. The Morgan fingerprint density at radius 3 is 2.65 bits per heavy atom. The zero-order valence-corrected chi connectivity index (χ0v) is 11.2. The van der Waals surface area contributed by atoms with Crippen LogP contribution in [0.15, 0.2) is 39.6 Å². The number of nitrogens with one attached hydrogen (secondary N) is 1. The smallest absolute Gasteiger partial charge is 0.174 e. The zero-order chi connectivity index (χ0) is 12.4. The summed E-state index contributed by atoms with van der Waals surface area (Å²) in [4.78, 5) is 0. The molecule has 0 bridgehead atoms. The SMILES string of the molecule is CNC(c1ccc(F)c(C)c1)c1ccoc1Br. The molecule has 0 aliphatic carbocycles. The third-order valence-corrected chi connectivity index (χ3v) is 3.41. The number of hydrogen-bond donors (Lipinski definition) is 1. The standard InChI is InChI=1S/C13H13BrFNO/c1-8-7-9(3-4-11(8)15)12(16-2)10-5-6-17-13(10)14/h3-7,12,16H,1-2H3. The van der Waals surface area contributed by atoms with Crippen LogP contribution in [0.3, 0.4) is 0 Å². The predicted octanol–water partition coefficient (Wildman–Crippen LogP) is 3.80. The van der Waals surface area contributed by atoms with E-state index >= 15 is 0 Å². The Labute approximate surface area is 108 Å². The topological polar surface area (TPSA) is 25.2 Å². The lowest BCUT2D eigenvalue weighted by Crippen LogP contribution is -2.17. The number of hydrogen-bond acceptors (Lipinski definition) is 2. The van der Waals surface area contributed by atoms with Crippen LogP contribution in [0.5, 0.6) is 0 Å².